The number of hydrogen-bond acceptors (Lipinski definition) is 2. The number of nitrogens with zero attached hydrogens (tertiary/aromatic N) is 1. The van der Waals surface area contributed by atoms with Gasteiger partial charge < -0.3 is 10.2 Å². The van der Waals surface area contributed by atoms with Crippen LogP contribution < -0.4 is 5.32 Å². The molecule has 0 spiro atoms. The largest absolute Gasteiger partial charge is 0.338 e. The maximum atomic E-state index is 12.8. The van der Waals surface area contributed by atoms with Gasteiger partial charge in [0, 0.05) is 19.1 Å². The van der Waals surface area contributed by atoms with E-state index in [0.29, 0.717) is 11.9 Å². The lowest BCUT2D eigenvalue weighted by Gasteiger charge is -2.31. The van der Waals surface area contributed by atoms with Crippen molar-refractivity contribution in [3.05, 3.63) is 35.4 Å². The molecule has 1 unspecified atom stereocenters. The minimum atomic E-state index is -0.00995. The Bertz CT molecular complexity index is 519. The molecule has 1 atom stereocenters. The molecule has 0 aromatic heterocycles. The van der Waals surface area contributed by atoms with Crippen LogP contribution in [0, 0.1) is 5.92 Å². The molecule has 1 aromatic rings. The summed E-state index contributed by atoms with van der Waals surface area (Å²) in [6.07, 6.45) is 5.90. The van der Waals surface area contributed by atoms with Crippen LogP contribution >= 0.6 is 0 Å². The molecule has 1 heterocycles. The lowest BCUT2D eigenvalue weighted by Crippen LogP contribution is -2.50. The van der Waals surface area contributed by atoms with E-state index >= 15 is 0 Å². The highest BCUT2D eigenvalue weighted by Crippen LogP contribution is 2.35. The van der Waals surface area contributed by atoms with Crippen LogP contribution in [0.3, 0.4) is 0 Å². The SMILES string of the molecule is O=C(C1Cc2ccccc2CN1)N(CC1CC1)C1CC1. The van der Waals surface area contributed by atoms with E-state index in [2.05, 4.69) is 34.5 Å². The molecule has 3 aliphatic rings. The Kier molecular flexibility index (Phi) is 3.03. The molecule has 3 heteroatoms. The van der Waals surface area contributed by atoms with E-state index in [0.717, 1.165) is 25.4 Å². The van der Waals surface area contributed by atoms with Gasteiger partial charge in [-0.1, -0.05) is 24.3 Å². The minimum absolute atomic E-state index is 0.00995. The highest BCUT2D eigenvalue weighted by Gasteiger charge is 2.39. The molecule has 1 amide bonds. The Morgan fingerprint density at radius 3 is 2.60 bits per heavy atom. The van der Waals surface area contributed by atoms with Gasteiger partial charge in [0.1, 0.15) is 0 Å². The van der Waals surface area contributed by atoms with Crippen molar-refractivity contribution in [3.63, 3.8) is 0 Å². The molecule has 20 heavy (non-hydrogen) atoms. The fourth-order valence-electron chi connectivity index (χ4n) is 3.21. The third-order valence-corrected chi connectivity index (χ3v) is 4.80. The first kappa shape index (κ1) is 12.4. The van der Waals surface area contributed by atoms with Crippen molar-refractivity contribution < 1.29 is 4.79 Å². The molecule has 0 bridgehead atoms. The van der Waals surface area contributed by atoms with E-state index in [1.165, 1.54) is 36.8 Å². The Balaban J connectivity index is 1.48. The summed E-state index contributed by atoms with van der Waals surface area (Å²) in [5, 5.41) is 3.44. The van der Waals surface area contributed by atoms with Crippen LogP contribution in [0.2, 0.25) is 0 Å². The van der Waals surface area contributed by atoms with E-state index in [1.807, 2.05) is 0 Å². The van der Waals surface area contributed by atoms with Crippen molar-refractivity contribution in [1.82, 2.24) is 10.2 Å². The second-order valence-electron chi connectivity index (χ2n) is 6.57. The first-order chi connectivity index (χ1) is 9.81. The van der Waals surface area contributed by atoms with Gasteiger partial charge in [-0.05, 0) is 49.1 Å². The Morgan fingerprint density at radius 2 is 1.90 bits per heavy atom. The summed E-state index contributed by atoms with van der Waals surface area (Å²) in [7, 11) is 0. The number of carbonyl (C=O) groups excluding carboxylic acids is 1. The molecule has 2 saturated carbocycles. The first-order valence-electron chi connectivity index (χ1n) is 7.92. The summed E-state index contributed by atoms with van der Waals surface area (Å²) in [6, 6.07) is 9.01. The summed E-state index contributed by atoms with van der Waals surface area (Å²) in [5.41, 5.74) is 2.68. The summed E-state index contributed by atoms with van der Waals surface area (Å²) in [5.74, 6) is 1.13. The average Bonchev–Trinajstić information content (AvgIpc) is 3.37. The van der Waals surface area contributed by atoms with Gasteiger partial charge in [-0.3, -0.25) is 4.79 Å². The molecule has 1 aliphatic heterocycles. The monoisotopic (exact) mass is 270 g/mol. The van der Waals surface area contributed by atoms with Crippen LogP contribution in [-0.2, 0) is 17.8 Å². The van der Waals surface area contributed by atoms with Gasteiger partial charge in [0.25, 0.3) is 0 Å². The van der Waals surface area contributed by atoms with Gasteiger partial charge in [-0.2, -0.15) is 0 Å². The van der Waals surface area contributed by atoms with Crippen molar-refractivity contribution >= 4 is 5.91 Å². The number of carbonyl (C=O) groups is 1. The Hall–Kier alpha value is -1.35. The zero-order chi connectivity index (χ0) is 13.5. The van der Waals surface area contributed by atoms with Gasteiger partial charge in [0.15, 0.2) is 0 Å². The smallest absolute Gasteiger partial charge is 0.240 e. The fraction of sp³-hybridized carbons (Fsp3) is 0.588. The normalized spacial score (nSPS) is 25.1. The predicted molar refractivity (Wildman–Crippen MR) is 78.2 cm³/mol. The minimum Gasteiger partial charge on any atom is -0.338 e. The number of fused-ring (bicyclic) bond motifs is 1. The maximum Gasteiger partial charge on any atom is 0.240 e. The third-order valence-electron chi connectivity index (χ3n) is 4.80. The number of hydrogen-bond donors (Lipinski definition) is 1. The zero-order valence-corrected chi connectivity index (χ0v) is 11.8. The molecular formula is C17H22N2O. The topological polar surface area (TPSA) is 32.3 Å². The predicted octanol–water partition coefficient (Wildman–Crippen LogP) is 2.10. The summed E-state index contributed by atoms with van der Waals surface area (Å²) in [6.45, 7) is 1.83. The van der Waals surface area contributed by atoms with Gasteiger partial charge in [0.05, 0.1) is 6.04 Å². The maximum absolute atomic E-state index is 12.8. The third kappa shape index (κ3) is 2.47. The van der Waals surface area contributed by atoms with Crippen LogP contribution in [0.15, 0.2) is 24.3 Å². The fourth-order valence-corrected chi connectivity index (χ4v) is 3.21. The van der Waals surface area contributed by atoms with Crippen molar-refractivity contribution in [2.24, 2.45) is 5.92 Å². The van der Waals surface area contributed by atoms with Gasteiger partial charge >= 0.3 is 0 Å². The van der Waals surface area contributed by atoms with Crippen LogP contribution in [-0.4, -0.2) is 29.4 Å². The first-order valence-corrected chi connectivity index (χ1v) is 7.92. The zero-order valence-electron chi connectivity index (χ0n) is 11.8. The molecule has 2 fully saturated rings. The lowest BCUT2D eigenvalue weighted by atomic mass is 9.95. The van der Waals surface area contributed by atoms with E-state index in [9.17, 15) is 4.79 Å². The number of benzene rings is 1. The van der Waals surface area contributed by atoms with Crippen LogP contribution in [0.5, 0.6) is 0 Å². The highest BCUT2D eigenvalue weighted by molar-refractivity contribution is 5.83. The molecule has 1 aromatic carbocycles. The van der Waals surface area contributed by atoms with Crippen molar-refractivity contribution in [3.8, 4) is 0 Å². The van der Waals surface area contributed by atoms with Gasteiger partial charge in [-0.15, -0.1) is 0 Å². The molecule has 3 nitrogen and oxygen atoms in total. The van der Waals surface area contributed by atoms with Crippen molar-refractivity contribution in [2.75, 3.05) is 6.54 Å². The summed E-state index contributed by atoms with van der Waals surface area (Å²) < 4.78 is 0. The molecule has 0 saturated heterocycles. The Labute approximate surface area is 120 Å². The van der Waals surface area contributed by atoms with Crippen LogP contribution in [0.1, 0.15) is 36.8 Å². The van der Waals surface area contributed by atoms with E-state index in [-0.39, 0.29) is 6.04 Å². The van der Waals surface area contributed by atoms with Crippen LogP contribution in [0.25, 0.3) is 0 Å². The lowest BCUT2D eigenvalue weighted by molar-refractivity contribution is -0.134. The molecule has 4 rings (SSSR count). The highest BCUT2D eigenvalue weighted by atomic mass is 16.2. The molecule has 1 N–H and O–H groups in total. The van der Waals surface area contributed by atoms with Crippen LogP contribution in [0.4, 0.5) is 0 Å². The van der Waals surface area contributed by atoms with Crippen molar-refractivity contribution in [1.29, 1.82) is 0 Å². The molecule has 106 valence electrons. The van der Waals surface area contributed by atoms with E-state index in [1.54, 1.807) is 0 Å². The van der Waals surface area contributed by atoms with E-state index < -0.39 is 0 Å². The molecule has 0 radical (unpaired) electrons. The molecule has 2 aliphatic carbocycles. The summed E-state index contributed by atoms with van der Waals surface area (Å²) in [4.78, 5) is 15.0. The average molecular weight is 270 g/mol. The second-order valence-corrected chi connectivity index (χ2v) is 6.57. The number of amides is 1. The number of rotatable bonds is 4. The van der Waals surface area contributed by atoms with Gasteiger partial charge in [0.2, 0.25) is 5.91 Å². The second kappa shape index (κ2) is 4.88. The number of nitrogens with one attached hydrogen (secondary N) is 1. The quantitative estimate of drug-likeness (QED) is 0.908. The molecular weight excluding hydrogens is 248 g/mol. The van der Waals surface area contributed by atoms with Gasteiger partial charge in [-0.25, -0.2) is 0 Å². The standard InChI is InChI=1S/C17H22N2O/c20-17(19(15-7-8-15)11-12-5-6-12)16-9-13-3-1-2-4-14(13)10-18-16/h1-4,12,15-16,18H,5-11H2. The van der Waals surface area contributed by atoms with Crippen molar-refractivity contribution in [2.45, 2.75) is 50.7 Å². The van der Waals surface area contributed by atoms with E-state index in [4.69, 9.17) is 0 Å². The summed E-state index contributed by atoms with van der Waals surface area (Å²) >= 11 is 0. The Morgan fingerprint density at radius 1 is 1.15 bits per heavy atom.